The summed E-state index contributed by atoms with van der Waals surface area (Å²) in [5, 5.41) is 3.16. The van der Waals surface area contributed by atoms with Gasteiger partial charge in [-0.2, -0.15) is 0 Å². The number of carbonyl (C=O) groups excluding carboxylic acids is 2. The Hall–Kier alpha value is -2.08. The van der Waals surface area contributed by atoms with E-state index in [-0.39, 0.29) is 5.78 Å². The zero-order chi connectivity index (χ0) is 17.1. The van der Waals surface area contributed by atoms with Crippen LogP contribution < -0.4 is 5.32 Å². The Kier molecular flexibility index (Phi) is 5.26. The summed E-state index contributed by atoms with van der Waals surface area (Å²) in [7, 11) is 1.33. The second kappa shape index (κ2) is 7.00. The SMILES string of the molecule is COC(=O)c1c(C)[nH]c(C(=O)[C@@H](C)Nc2ccc(Br)cc2)c1C. The Morgan fingerprint density at radius 1 is 1.22 bits per heavy atom. The zero-order valence-corrected chi connectivity index (χ0v) is 15.1. The lowest BCUT2D eigenvalue weighted by molar-refractivity contribution is 0.0599. The van der Waals surface area contributed by atoms with Gasteiger partial charge < -0.3 is 15.0 Å². The fourth-order valence-corrected chi connectivity index (χ4v) is 2.75. The second-order valence-corrected chi connectivity index (χ2v) is 6.27. The highest BCUT2D eigenvalue weighted by Crippen LogP contribution is 2.21. The van der Waals surface area contributed by atoms with Gasteiger partial charge in [0.15, 0.2) is 0 Å². The quantitative estimate of drug-likeness (QED) is 0.611. The van der Waals surface area contributed by atoms with E-state index in [9.17, 15) is 9.59 Å². The first-order valence-electron chi connectivity index (χ1n) is 7.19. The minimum Gasteiger partial charge on any atom is -0.465 e. The Morgan fingerprint density at radius 3 is 2.39 bits per heavy atom. The van der Waals surface area contributed by atoms with Crippen molar-refractivity contribution in [2.75, 3.05) is 12.4 Å². The van der Waals surface area contributed by atoms with Crippen LogP contribution in [0.4, 0.5) is 5.69 Å². The maximum absolute atomic E-state index is 12.7. The highest BCUT2D eigenvalue weighted by Gasteiger charge is 2.25. The zero-order valence-electron chi connectivity index (χ0n) is 13.5. The van der Waals surface area contributed by atoms with Crippen molar-refractivity contribution in [1.29, 1.82) is 0 Å². The van der Waals surface area contributed by atoms with E-state index in [1.54, 1.807) is 20.8 Å². The molecule has 5 nitrogen and oxygen atoms in total. The van der Waals surface area contributed by atoms with Crippen molar-refractivity contribution < 1.29 is 14.3 Å². The van der Waals surface area contributed by atoms with Crippen LogP contribution in [0.15, 0.2) is 28.7 Å². The van der Waals surface area contributed by atoms with Crippen LogP contribution in [0.25, 0.3) is 0 Å². The van der Waals surface area contributed by atoms with Gasteiger partial charge in [-0.05, 0) is 50.6 Å². The Bertz CT molecular complexity index is 735. The van der Waals surface area contributed by atoms with Crippen molar-refractivity contribution >= 4 is 33.4 Å². The third-order valence-corrected chi connectivity index (χ3v) is 4.22. The molecule has 2 rings (SSSR count). The fourth-order valence-electron chi connectivity index (χ4n) is 2.48. The molecule has 0 amide bonds. The van der Waals surface area contributed by atoms with Crippen LogP contribution in [-0.2, 0) is 4.74 Å². The third kappa shape index (κ3) is 3.64. The molecule has 0 spiro atoms. The largest absolute Gasteiger partial charge is 0.465 e. The van der Waals surface area contributed by atoms with Gasteiger partial charge in [0, 0.05) is 15.9 Å². The maximum Gasteiger partial charge on any atom is 0.339 e. The summed E-state index contributed by atoms with van der Waals surface area (Å²) in [6.45, 7) is 5.29. The van der Waals surface area contributed by atoms with Crippen molar-refractivity contribution in [1.82, 2.24) is 4.98 Å². The number of ether oxygens (including phenoxy) is 1. The van der Waals surface area contributed by atoms with Crippen molar-refractivity contribution in [2.45, 2.75) is 26.8 Å². The lowest BCUT2D eigenvalue weighted by Gasteiger charge is -2.14. The molecular weight excluding hydrogens is 360 g/mol. The summed E-state index contributed by atoms with van der Waals surface area (Å²) in [5.41, 5.74) is 2.95. The minimum absolute atomic E-state index is 0.108. The monoisotopic (exact) mass is 378 g/mol. The first kappa shape index (κ1) is 17.3. The molecule has 2 N–H and O–H groups in total. The summed E-state index contributed by atoms with van der Waals surface area (Å²) in [6, 6.07) is 7.15. The van der Waals surface area contributed by atoms with Crippen molar-refractivity contribution in [2.24, 2.45) is 0 Å². The molecule has 122 valence electrons. The number of carbonyl (C=O) groups is 2. The van der Waals surface area contributed by atoms with Crippen LogP contribution in [-0.4, -0.2) is 29.9 Å². The van der Waals surface area contributed by atoms with Crippen LogP contribution in [0.5, 0.6) is 0 Å². The summed E-state index contributed by atoms with van der Waals surface area (Å²) in [5.74, 6) is -0.549. The van der Waals surface area contributed by atoms with E-state index >= 15 is 0 Å². The standard InChI is InChI=1S/C17H19BrN2O3/c1-9-14(17(22)23-4)10(2)20-15(9)16(21)11(3)19-13-7-5-12(18)6-8-13/h5-8,11,19-20H,1-4H3/t11-/m1/s1. The summed E-state index contributed by atoms with van der Waals surface area (Å²) in [6.07, 6.45) is 0. The van der Waals surface area contributed by atoms with Gasteiger partial charge in [-0.25, -0.2) is 4.79 Å². The van der Waals surface area contributed by atoms with Crippen molar-refractivity contribution in [3.63, 3.8) is 0 Å². The van der Waals surface area contributed by atoms with E-state index in [2.05, 4.69) is 26.2 Å². The molecule has 0 saturated carbocycles. The predicted octanol–water partition coefficient (Wildman–Crippen LogP) is 3.86. The molecule has 0 unspecified atom stereocenters. The molecule has 0 aliphatic rings. The lowest BCUT2D eigenvalue weighted by Crippen LogP contribution is -2.27. The second-order valence-electron chi connectivity index (χ2n) is 5.35. The topological polar surface area (TPSA) is 71.2 Å². The molecular formula is C17H19BrN2O3. The molecule has 1 aromatic heterocycles. The molecule has 0 aliphatic carbocycles. The Balaban J connectivity index is 2.23. The molecule has 2 aromatic rings. The number of hydrogen-bond acceptors (Lipinski definition) is 4. The minimum atomic E-state index is -0.441. The van der Waals surface area contributed by atoms with E-state index in [0.717, 1.165) is 10.2 Å². The molecule has 0 bridgehead atoms. The fraction of sp³-hybridized carbons (Fsp3) is 0.294. The van der Waals surface area contributed by atoms with Gasteiger partial charge in [-0.15, -0.1) is 0 Å². The van der Waals surface area contributed by atoms with Crippen LogP contribution in [0.3, 0.4) is 0 Å². The van der Waals surface area contributed by atoms with Crippen molar-refractivity contribution in [3.8, 4) is 0 Å². The van der Waals surface area contributed by atoms with Crippen LogP contribution >= 0.6 is 15.9 Å². The number of aryl methyl sites for hydroxylation is 1. The van der Waals surface area contributed by atoms with Gasteiger partial charge in [0.2, 0.25) is 5.78 Å². The normalized spacial score (nSPS) is 11.9. The summed E-state index contributed by atoms with van der Waals surface area (Å²) >= 11 is 3.37. The number of ketones is 1. The molecule has 23 heavy (non-hydrogen) atoms. The van der Waals surface area contributed by atoms with E-state index in [4.69, 9.17) is 4.74 Å². The van der Waals surface area contributed by atoms with E-state index < -0.39 is 12.0 Å². The Morgan fingerprint density at radius 2 is 1.83 bits per heavy atom. The number of benzene rings is 1. The first-order valence-corrected chi connectivity index (χ1v) is 7.98. The van der Waals surface area contributed by atoms with Gasteiger partial charge in [-0.1, -0.05) is 15.9 Å². The summed E-state index contributed by atoms with van der Waals surface area (Å²) < 4.78 is 5.74. The molecule has 0 aliphatic heterocycles. The molecule has 1 atom stereocenters. The maximum atomic E-state index is 12.7. The number of hydrogen-bond donors (Lipinski definition) is 2. The number of Topliss-reactive ketones (excluding diaryl/α,β-unsaturated/α-hetero) is 1. The lowest BCUT2D eigenvalue weighted by atomic mass is 10.0. The Labute approximate surface area is 143 Å². The first-order chi connectivity index (χ1) is 10.8. The molecule has 1 heterocycles. The van der Waals surface area contributed by atoms with Gasteiger partial charge in [0.25, 0.3) is 0 Å². The van der Waals surface area contributed by atoms with Gasteiger partial charge in [-0.3, -0.25) is 4.79 Å². The molecule has 6 heteroatoms. The molecule has 0 fully saturated rings. The number of halogens is 1. The van der Waals surface area contributed by atoms with Gasteiger partial charge in [0.05, 0.1) is 24.4 Å². The van der Waals surface area contributed by atoms with Crippen LogP contribution in [0.2, 0.25) is 0 Å². The number of esters is 1. The highest BCUT2D eigenvalue weighted by atomic mass is 79.9. The smallest absolute Gasteiger partial charge is 0.339 e. The van der Waals surface area contributed by atoms with Gasteiger partial charge in [0.1, 0.15) is 0 Å². The average Bonchev–Trinajstić information content (AvgIpc) is 2.82. The number of H-pyrrole nitrogens is 1. The van der Waals surface area contributed by atoms with E-state index in [1.165, 1.54) is 7.11 Å². The molecule has 0 saturated heterocycles. The third-order valence-electron chi connectivity index (χ3n) is 3.69. The highest BCUT2D eigenvalue weighted by molar-refractivity contribution is 9.10. The number of aromatic amines is 1. The van der Waals surface area contributed by atoms with Crippen LogP contribution in [0, 0.1) is 13.8 Å². The molecule has 1 aromatic carbocycles. The van der Waals surface area contributed by atoms with Gasteiger partial charge >= 0.3 is 5.97 Å². The number of rotatable bonds is 5. The molecule has 0 radical (unpaired) electrons. The number of nitrogens with one attached hydrogen (secondary N) is 2. The predicted molar refractivity (Wildman–Crippen MR) is 93.2 cm³/mol. The number of aromatic nitrogens is 1. The average molecular weight is 379 g/mol. The summed E-state index contributed by atoms with van der Waals surface area (Å²) in [4.78, 5) is 27.5. The van der Waals surface area contributed by atoms with Crippen molar-refractivity contribution in [3.05, 3.63) is 51.3 Å². The number of methoxy groups -OCH3 is 1. The number of anilines is 1. The van der Waals surface area contributed by atoms with E-state index in [1.807, 2.05) is 24.3 Å². The van der Waals surface area contributed by atoms with Crippen LogP contribution in [0.1, 0.15) is 39.0 Å². The van der Waals surface area contributed by atoms with E-state index in [0.29, 0.717) is 22.5 Å².